The Balaban J connectivity index is 1.48. The number of alkyl halides is 3. The first-order chi connectivity index (χ1) is 12.4. The summed E-state index contributed by atoms with van der Waals surface area (Å²) in [6.45, 7) is 1.69. The van der Waals surface area contributed by atoms with Crippen LogP contribution in [-0.4, -0.2) is 63.6 Å². The summed E-state index contributed by atoms with van der Waals surface area (Å²) in [4.78, 5) is 18.3. The van der Waals surface area contributed by atoms with E-state index in [9.17, 15) is 18.0 Å². The summed E-state index contributed by atoms with van der Waals surface area (Å²) < 4.78 is 46.7. The standard InChI is InChI=1S/C16H22F3N5O2/c17-16(18,19)13-7-11(22-15-20-9-21-24(13)15)10-3-1-5-23(8-10)14(25)12-4-2-6-26-12/h9-13H,1-8H2,(H,20,21,22)/t10-,11+,12-,13-/m1/s1. The van der Waals surface area contributed by atoms with E-state index in [0.717, 1.165) is 36.7 Å². The molecule has 1 aromatic rings. The first-order valence-electron chi connectivity index (χ1n) is 9.06. The highest BCUT2D eigenvalue weighted by Crippen LogP contribution is 2.40. The van der Waals surface area contributed by atoms with Crippen LogP contribution in [0.5, 0.6) is 0 Å². The summed E-state index contributed by atoms with van der Waals surface area (Å²) >= 11 is 0. The fraction of sp³-hybridized carbons (Fsp3) is 0.812. The summed E-state index contributed by atoms with van der Waals surface area (Å²) in [5.41, 5.74) is 0. The van der Waals surface area contributed by atoms with E-state index in [-0.39, 0.29) is 30.3 Å². The molecule has 1 amide bonds. The smallest absolute Gasteiger partial charge is 0.368 e. The molecule has 144 valence electrons. The lowest BCUT2D eigenvalue weighted by Crippen LogP contribution is -2.51. The monoisotopic (exact) mass is 373 g/mol. The molecule has 2 saturated heterocycles. The van der Waals surface area contributed by atoms with Gasteiger partial charge in [0.05, 0.1) is 0 Å². The molecular weight excluding hydrogens is 351 g/mol. The quantitative estimate of drug-likeness (QED) is 0.858. The van der Waals surface area contributed by atoms with Crippen LogP contribution in [0.25, 0.3) is 0 Å². The largest absolute Gasteiger partial charge is 0.411 e. The third kappa shape index (κ3) is 3.26. The molecule has 1 N–H and O–H groups in total. The third-order valence-electron chi connectivity index (χ3n) is 5.58. The minimum atomic E-state index is -4.38. The number of amides is 1. The fourth-order valence-corrected chi connectivity index (χ4v) is 4.24. The second kappa shape index (κ2) is 6.71. The summed E-state index contributed by atoms with van der Waals surface area (Å²) in [7, 11) is 0. The van der Waals surface area contributed by atoms with Crippen molar-refractivity contribution in [1.82, 2.24) is 19.7 Å². The van der Waals surface area contributed by atoms with Gasteiger partial charge in [0.15, 0.2) is 6.04 Å². The number of piperidine rings is 1. The van der Waals surface area contributed by atoms with E-state index in [1.54, 1.807) is 4.90 Å². The Morgan fingerprint density at radius 3 is 2.88 bits per heavy atom. The maximum atomic E-state index is 13.4. The van der Waals surface area contributed by atoms with Crippen molar-refractivity contribution in [1.29, 1.82) is 0 Å². The SMILES string of the molecule is O=C([C@H]1CCCO1)N1CCC[C@@H]([C@@H]2C[C@H](C(F)(F)F)n3ncnc3N2)C1. The average molecular weight is 373 g/mol. The maximum absolute atomic E-state index is 13.4. The van der Waals surface area contributed by atoms with Gasteiger partial charge in [-0.05, 0) is 38.0 Å². The van der Waals surface area contributed by atoms with Crippen LogP contribution in [0.2, 0.25) is 0 Å². The lowest BCUT2D eigenvalue weighted by molar-refractivity contribution is -0.175. The molecule has 3 aliphatic heterocycles. The molecule has 2 fully saturated rings. The van der Waals surface area contributed by atoms with Crippen molar-refractivity contribution in [3.05, 3.63) is 6.33 Å². The van der Waals surface area contributed by atoms with Gasteiger partial charge in [0.2, 0.25) is 5.95 Å². The van der Waals surface area contributed by atoms with Crippen LogP contribution in [0.4, 0.5) is 19.1 Å². The number of halogens is 3. The van der Waals surface area contributed by atoms with Crippen molar-refractivity contribution in [2.75, 3.05) is 25.0 Å². The zero-order valence-electron chi connectivity index (χ0n) is 14.3. The number of nitrogens with one attached hydrogen (secondary N) is 1. The number of carbonyl (C=O) groups excluding carboxylic acids is 1. The highest BCUT2D eigenvalue weighted by atomic mass is 19.4. The van der Waals surface area contributed by atoms with Crippen molar-refractivity contribution in [2.45, 2.75) is 56.5 Å². The molecule has 26 heavy (non-hydrogen) atoms. The molecule has 0 unspecified atom stereocenters. The molecule has 1 aromatic heterocycles. The number of rotatable bonds is 2. The number of anilines is 1. The molecule has 7 nitrogen and oxygen atoms in total. The molecule has 0 bridgehead atoms. The average Bonchev–Trinajstić information content (AvgIpc) is 3.31. The second-order valence-electron chi connectivity index (χ2n) is 7.26. The van der Waals surface area contributed by atoms with Gasteiger partial charge in [-0.25, -0.2) is 4.68 Å². The van der Waals surface area contributed by atoms with E-state index in [4.69, 9.17) is 4.74 Å². The number of likely N-dealkylation sites (tertiary alicyclic amines) is 1. The zero-order valence-corrected chi connectivity index (χ0v) is 14.3. The molecule has 3 aliphatic rings. The molecule has 4 rings (SSSR count). The zero-order chi connectivity index (χ0) is 18.3. The van der Waals surface area contributed by atoms with E-state index in [1.807, 2.05) is 0 Å². The van der Waals surface area contributed by atoms with Gasteiger partial charge in [-0.15, -0.1) is 0 Å². The lowest BCUT2D eigenvalue weighted by atomic mass is 9.85. The molecular formula is C16H22F3N5O2. The first kappa shape index (κ1) is 17.6. The maximum Gasteiger partial charge on any atom is 0.411 e. The summed E-state index contributed by atoms with van der Waals surface area (Å²) in [6, 6.07) is -2.08. The van der Waals surface area contributed by atoms with Crippen LogP contribution < -0.4 is 5.32 Å². The number of fused-ring (bicyclic) bond motifs is 1. The van der Waals surface area contributed by atoms with E-state index in [0.29, 0.717) is 19.7 Å². The molecule has 0 saturated carbocycles. The van der Waals surface area contributed by atoms with Gasteiger partial charge < -0.3 is 15.0 Å². The Morgan fingerprint density at radius 1 is 1.31 bits per heavy atom. The van der Waals surface area contributed by atoms with Crippen LogP contribution in [0.15, 0.2) is 6.33 Å². The van der Waals surface area contributed by atoms with Gasteiger partial charge in [0.1, 0.15) is 12.4 Å². The summed E-state index contributed by atoms with van der Waals surface area (Å²) in [5, 5.41) is 6.82. The number of ether oxygens (including phenoxy) is 1. The van der Waals surface area contributed by atoms with Crippen molar-refractivity contribution < 1.29 is 22.7 Å². The molecule has 0 spiro atoms. The predicted octanol–water partition coefficient (Wildman–Crippen LogP) is 1.98. The summed E-state index contributed by atoms with van der Waals surface area (Å²) in [5.74, 6) is 0.0640. The van der Waals surface area contributed by atoms with E-state index >= 15 is 0 Å². The first-order valence-corrected chi connectivity index (χ1v) is 9.06. The predicted molar refractivity (Wildman–Crippen MR) is 85.4 cm³/mol. The van der Waals surface area contributed by atoms with Gasteiger partial charge in [-0.3, -0.25) is 4.79 Å². The number of hydrogen-bond donors (Lipinski definition) is 1. The molecule has 4 atom stereocenters. The second-order valence-corrected chi connectivity index (χ2v) is 7.26. The topological polar surface area (TPSA) is 72.3 Å². The Bertz CT molecular complexity index is 659. The van der Waals surface area contributed by atoms with Gasteiger partial charge in [-0.2, -0.15) is 23.3 Å². The number of hydrogen-bond acceptors (Lipinski definition) is 5. The van der Waals surface area contributed by atoms with Gasteiger partial charge >= 0.3 is 6.18 Å². The van der Waals surface area contributed by atoms with Gasteiger partial charge in [-0.1, -0.05) is 0 Å². The molecule has 0 radical (unpaired) electrons. The highest BCUT2D eigenvalue weighted by Gasteiger charge is 2.48. The third-order valence-corrected chi connectivity index (χ3v) is 5.58. The van der Waals surface area contributed by atoms with Crippen LogP contribution in [0, 0.1) is 5.92 Å². The lowest BCUT2D eigenvalue weighted by Gasteiger charge is -2.41. The van der Waals surface area contributed by atoms with Crippen molar-refractivity contribution in [3.8, 4) is 0 Å². The van der Waals surface area contributed by atoms with Crippen molar-refractivity contribution in [3.63, 3.8) is 0 Å². The minimum Gasteiger partial charge on any atom is -0.368 e. The minimum absolute atomic E-state index is 0.0291. The van der Waals surface area contributed by atoms with E-state index in [2.05, 4.69) is 15.4 Å². The Morgan fingerprint density at radius 2 is 2.15 bits per heavy atom. The molecule has 10 heteroatoms. The van der Waals surface area contributed by atoms with Crippen molar-refractivity contribution >= 4 is 11.9 Å². The number of nitrogens with zero attached hydrogens (tertiary/aromatic N) is 4. The Labute approximate surface area is 148 Å². The Kier molecular flexibility index (Phi) is 4.54. The van der Waals surface area contributed by atoms with Crippen LogP contribution in [0.1, 0.15) is 38.1 Å². The highest BCUT2D eigenvalue weighted by molar-refractivity contribution is 5.81. The molecule has 0 aliphatic carbocycles. The van der Waals surface area contributed by atoms with E-state index in [1.165, 1.54) is 0 Å². The summed E-state index contributed by atoms with van der Waals surface area (Å²) in [6.07, 6.45) is -0.577. The fourth-order valence-electron chi connectivity index (χ4n) is 4.24. The van der Waals surface area contributed by atoms with Crippen LogP contribution >= 0.6 is 0 Å². The van der Waals surface area contributed by atoms with E-state index < -0.39 is 18.3 Å². The molecule has 4 heterocycles. The van der Waals surface area contributed by atoms with Gasteiger partial charge in [0.25, 0.3) is 5.91 Å². The van der Waals surface area contributed by atoms with Crippen molar-refractivity contribution in [2.24, 2.45) is 5.92 Å². The van der Waals surface area contributed by atoms with Gasteiger partial charge in [0, 0.05) is 25.7 Å². The number of aromatic nitrogens is 3. The number of carbonyl (C=O) groups is 1. The Hall–Kier alpha value is -1.84. The van der Waals surface area contributed by atoms with Crippen LogP contribution in [0.3, 0.4) is 0 Å². The van der Waals surface area contributed by atoms with Crippen LogP contribution in [-0.2, 0) is 9.53 Å². The normalized spacial score (nSPS) is 32.2. The molecule has 0 aromatic carbocycles.